The summed E-state index contributed by atoms with van der Waals surface area (Å²) in [4.78, 5) is 13.6. The lowest BCUT2D eigenvalue weighted by molar-refractivity contribution is 0.0654. The van der Waals surface area contributed by atoms with Gasteiger partial charge in [-0.1, -0.05) is 0 Å². The lowest BCUT2D eigenvalue weighted by Crippen LogP contribution is -2.42. The van der Waals surface area contributed by atoms with Gasteiger partial charge in [0.25, 0.3) is 0 Å². The van der Waals surface area contributed by atoms with Gasteiger partial charge in [0.2, 0.25) is 5.95 Å². The Bertz CT molecular complexity index is 508. The van der Waals surface area contributed by atoms with Crippen LogP contribution in [0, 0.1) is 6.92 Å². The quantitative estimate of drug-likeness (QED) is 0.895. The van der Waals surface area contributed by atoms with Crippen molar-refractivity contribution < 1.29 is 4.74 Å². The number of aromatic nitrogens is 2. The van der Waals surface area contributed by atoms with Crippen LogP contribution in [0.15, 0.2) is 6.20 Å². The summed E-state index contributed by atoms with van der Waals surface area (Å²) in [6.45, 7) is 6.34. The van der Waals surface area contributed by atoms with Crippen LogP contribution < -0.4 is 10.2 Å². The first-order chi connectivity index (χ1) is 11.1. The second kappa shape index (κ2) is 7.45. The Labute approximate surface area is 139 Å². The van der Waals surface area contributed by atoms with E-state index in [4.69, 9.17) is 4.74 Å². The highest BCUT2D eigenvalue weighted by atomic mass is 16.5. The Hall–Kier alpha value is -1.40. The summed E-state index contributed by atoms with van der Waals surface area (Å²) in [7, 11) is 4.03. The van der Waals surface area contributed by atoms with Crippen molar-refractivity contribution in [1.29, 1.82) is 0 Å². The Morgan fingerprint density at radius 3 is 2.74 bits per heavy atom. The highest BCUT2D eigenvalue weighted by Gasteiger charge is 2.24. The van der Waals surface area contributed by atoms with Crippen molar-refractivity contribution in [3.63, 3.8) is 0 Å². The summed E-state index contributed by atoms with van der Waals surface area (Å²) in [6, 6.07) is 0.466. The molecule has 0 aliphatic carbocycles. The predicted molar refractivity (Wildman–Crippen MR) is 93.2 cm³/mol. The van der Waals surface area contributed by atoms with E-state index >= 15 is 0 Å². The summed E-state index contributed by atoms with van der Waals surface area (Å²) in [6.07, 6.45) is 7.09. The van der Waals surface area contributed by atoms with Gasteiger partial charge in [-0.2, -0.15) is 4.98 Å². The molecule has 0 aromatic carbocycles. The minimum absolute atomic E-state index is 0.461. The molecule has 1 atom stereocenters. The smallest absolute Gasteiger partial charge is 0.224 e. The summed E-state index contributed by atoms with van der Waals surface area (Å²) >= 11 is 0. The first-order valence-electron chi connectivity index (χ1n) is 8.73. The maximum Gasteiger partial charge on any atom is 0.224 e. The van der Waals surface area contributed by atoms with Gasteiger partial charge >= 0.3 is 0 Å². The molecule has 0 radical (unpaired) electrons. The SMILES string of the molecule is Cc1cnc(NC2CCN(C[C@H]3CCCO3)CC2)nc1N(C)C. The molecular formula is C17H29N5O. The third-order valence-electron chi connectivity index (χ3n) is 4.78. The van der Waals surface area contributed by atoms with E-state index in [2.05, 4.69) is 20.2 Å². The molecule has 6 nitrogen and oxygen atoms in total. The number of hydrogen-bond donors (Lipinski definition) is 1. The van der Waals surface area contributed by atoms with E-state index in [1.165, 1.54) is 12.8 Å². The van der Waals surface area contributed by atoms with Crippen LogP contribution in [0.25, 0.3) is 0 Å². The van der Waals surface area contributed by atoms with Gasteiger partial charge in [0.1, 0.15) is 5.82 Å². The molecule has 3 rings (SSSR count). The molecule has 0 amide bonds. The Morgan fingerprint density at radius 2 is 2.09 bits per heavy atom. The Kier molecular flexibility index (Phi) is 5.33. The monoisotopic (exact) mass is 319 g/mol. The van der Waals surface area contributed by atoms with Crippen LogP contribution in [0.2, 0.25) is 0 Å². The van der Waals surface area contributed by atoms with Crippen LogP contribution in [-0.2, 0) is 4.74 Å². The average molecular weight is 319 g/mol. The molecule has 2 aliphatic heterocycles. The van der Waals surface area contributed by atoms with E-state index in [1.807, 2.05) is 32.1 Å². The van der Waals surface area contributed by atoms with Crippen molar-refractivity contribution in [2.75, 3.05) is 50.6 Å². The zero-order valence-electron chi connectivity index (χ0n) is 14.6. The topological polar surface area (TPSA) is 53.5 Å². The van der Waals surface area contributed by atoms with E-state index in [-0.39, 0.29) is 0 Å². The summed E-state index contributed by atoms with van der Waals surface area (Å²) < 4.78 is 5.74. The highest BCUT2D eigenvalue weighted by Crippen LogP contribution is 2.20. The van der Waals surface area contributed by atoms with E-state index in [1.54, 1.807) is 0 Å². The van der Waals surface area contributed by atoms with Gasteiger partial charge in [-0.3, -0.25) is 0 Å². The molecule has 3 heterocycles. The second-order valence-corrected chi connectivity index (χ2v) is 6.95. The van der Waals surface area contributed by atoms with Crippen molar-refractivity contribution in [2.24, 2.45) is 0 Å². The predicted octanol–water partition coefficient (Wildman–Crippen LogP) is 1.91. The lowest BCUT2D eigenvalue weighted by atomic mass is 10.0. The highest BCUT2D eigenvalue weighted by molar-refractivity contribution is 5.47. The fourth-order valence-corrected chi connectivity index (χ4v) is 3.47. The second-order valence-electron chi connectivity index (χ2n) is 6.95. The summed E-state index contributed by atoms with van der Waals surface area (Å²) in [5.41, 5.74) is 1.10. The molecule has 1 aromatic heterocycles. The van der Waals surface area contributed by atoms with Gasteiger partial charge < -0.3 is 19.9 Å². The fourth-order valence-electron chi connectivity index (χ4n) is 3.47. The molecule has 1 aromatic rings. The van der Waals surface area contributed by atoms with E-state index in [9.17, 15) is 0 Å². The molecule has 23 heavy (non-hydrogen) atoms. The number of likely N-dealkylation sites (tertiary alicyclic amines) is 1. The minimum atomic E-state index is 0.461. The Morgan fingerprint density at radius 1 is 1.30 bits per heavy atom. The first-order valence-corrected chi connectivity index (χ1v) is 8.73. The molecule has 0 saturated carbocycles. The van der Waals surface area contributed by atoms with Crippen molar-refractivity contribution >= 4 is 11.8 Å². The molecule has 2 saturated heterocycles. The van der Waals surface area contributed by atoms with Crippen LogP contribution >= 0.6 is 0 Å². The van der Waals surface area contributed by atoms with Gasteiger partial charge in [-0.25, -0.2) is 4.98 Å². The number of anilines is 2. The zero-order chi connectivity index (χ0) is 16.2. The largest absolute Gasteiger partial charge is 0.377 e. The number of rotatable bonds is 5. The molecule has 0 spiro atoms. The molecule has 0 bridgehead atoms. The number of nitrogens with one attached hydrogen (secondary N) is 1. The molecule has 128 valence electrons. The van der Waals surface area contributed by atoms with Crippen molar-refractivity contribution in [1.82, 2.24) is 14.9 Å². The lowest BCUT2D eigenvalue weighted by Gasteiger charge is -2.33. The van der Waals surface area contributed by atoms with Crippen LogP contribution in [0.5, 0.6) is 0 Å². The Balaban J connectivity index is 1.49. The average Bonchev–Trinajstić information content (AvgIpc) is 3.04. The van der Waals surface area contributed by atoms with Crippen molar-refractivity contribution in [3.05, 3.63) is 11.8 Å². The maximum atomic E-state index is 5.74. The van der Waals surface area contributed by atoms with Crippen molar-refractivity contribution in [2.45, 2.75) is 44.8 Å². The number of aryl methyl sites for hydroxylation is 1. The minimum Gasteiger partial charge on any atom is -0.377 e. The van der Waals surface area contributed by atoms with Gasteiger partial charge in [-0.15, -0.1) is 0 Å². The molecule has 1 N–H and O–H groups in total. The van der Waals surface area contributed by atoms with Crippen molar-refractivity contribution in [3.8, 4) is 0 Å². The first kappa shape index (κ1) is 16.5. The fraction of sp³-hybridized carbons (Fsp3) is 0.765. The van der Waals surface area contributed by atoms with Gasteiger partial charge in [0.05, 0.1) is 6.10 Å². The molecule has 2 fully saturated rings. The normalized spacial score (nSPS) is 23.2. The van der Waals surface area contributed by atoms with Gasteiger partial charge in [-0.05, 0) is 32.6 Å². The third-order valence-corrected chi connectivity index (χ3v) is 4.78. The van der Waals surface area contributed by atoms with E-state index in [0.717, 1.165) is 56.4 Å². The number of hydrogen-bond acceptors (Lipinski definition) is 6. The van der Waals surface area contributed by atoms with Gasteiger partial charge in [0.15, 0.2) is 0 Å². The summed E-state index contributed by atoms with van der Waals surface area (Å²) in [5, 5.41) is 3.51. The molecule has 0 unspecified atom stereocenters. The zero-order valence-corrected chi connectivity index (χ0v) is 14.6. The standard InChI is InChI=1S/C17H29N5O/c1-13-11-18-17(20-16(13)21(2)3)19-14-6-8-22(9-7-14)12-15-5-4-10-23-15/h11,14-15H,4-10,12H2,1-3H3,(H,18,19,20)/t15-/m1/s1. The van der Waals surface area contributed by atoms with Crippen LogP contribution in [0.4, 0.5) is 11.8 Å². The third kappa shape index (κ3) is 4.32. The molecule has 6 heteroatoms. The molecular weight excluding hydrogens is 290 g/mol. The van der Waals surface area contributed by atoms with Gasteiger partial charge in [0, 0.05) is 58.1 Å². The molecule has 2 aliphatic rings. The summed E-state index contributed by atoms with van der Waals surface area (Å²) in [5.74, 6) is 1.73. The van der Waals surface area contributed by atoms with Crippen LogP contribution in [0.3, 0.4) is 0 Å². The van der Waals surface area contributed by atoms with Crippen LogP contribution in [-0.4, -0.2) is 67.4 Å². The maximum absolute atomic E-state index is 5.74. The van der Waals surface area contributed by atoms with Crippen LogP contribution in [0.1, 0.15) is 31.2 Å². The number of piperidine rings is 1. The van der Waals surface area contributed by atoms with E-state index in [0.29, 0.717) is 12.1 Å². The van der Waals surface area contributed by atoms with E-state index < -0.39 is 0 Å². The number of nitrogens with zero attached hydrogens (tertiary/aromatic N) is 4. The number of ether oxygens (including phenoxy) is 1.